The number of ether oxygens (including phenoxy) is 1. The summed E-state index contributed by atoms with van der Waals surface area (Å²) in [5.41, 5.74) is 5.99. The van der Waals surface area contributed by atoms with Crippen LogP contribution in [0.15, 0.2) is 88.7 Å². The first-order valence-electron chi connectivity index (χ1n) is 14.3. The van der Waals surface area contributed by atoms with E-state index in [9.17, 15) is 25.9 Å². The molecule has 0 amide bonds. The molecule has 3 aromatic carbocycles. The van der Waals surface area contributed by atoms with Gasteiger partial charge in [0.2, 0.25) is 11.5 Å². The third-order valence-electron chi connectivity index (χ3n) is 7.31. The van der Waals surface area contributed by atoms with Crippen LogP contribution < -0.4 is 33.1 Å². The van der Waals surface area contributed by atoms with Crippen LogP contribution in [0.25, 0.3) is 28.3 Å². The molecule has 232 valence electrons. The van der Waals surface area contributed by atoms with Crippen LogP contribution in [0.3, 0.4) is 0 Å². The van der Waals surface area contributed by atoms with Crippen LogP contribution in [0.2, 0.25) is 0 Å². The zero-order valence-corrected chi connectivity index (χ0v) is 27.1. The molecule has 1 N–H and O–H groups in total. The van der Waals surface area contributed by atoms with Crippen LogP contribution >= 0.6 is 0 Å². The Morgan fingerprint density at radius 2 is 1.73 bits per heavy atom. The maximum atomic E-state index is 11.4. The van der Waals surface area contributed by atoms with Crippen molar-refractivity contribution in [3.05, 3.63) is 95.7 Å². The van der Waals surface area contributed by atoms with Crippen LogP contribution in [0.5, 0.6) is 5.75 Å². The number of nitrogens with zero attached hydrogens (tertiary/aromatic N) is 2. The Morgan fingerprint density at radius 3 is 2.42 bits per heavy atom. The van der Waals surface area contributed by atoms with Gasteiger partial charge in [0, 0.05) is 30.9 Å². The van der Waals surface area contributed by atoms with E-state index < -0.39 is 26.0 Å². The number of allylic oxidation sites excluding steroid dienone is 2. The minimum Gasteiger partial charge on any atom is -0.748 e. The minimum atomic E-state index is -4.38. The van der Waals surface area contributed by atoms with Crippen molar-refractivity contribution in [3.8, 4) is 16.9 Å². The van der Waals surface area contributed by atoms with Crippen molar-refractivity contribution in [1.82, 2.24) is 0 Å². The second-order valence-corrected chi connectivity index (χ2v) is 13.8. The molecule has 1 aromatic heterocycles. The summed E-state index contributed by atoms with van der Waals surface area (Å²) in [7, 11) is -8.50. The van der Waals surface area contributed by atoms with Crippen LogP contribution in [0.1, 0.15) is 37.6 Å². The molecule has 5 rings (SSSR count). The topological polar surface area (TPSA) is 141 Å². The van der Waals surface area contributed by atoms with Crippen molar-refractivity contribution in [3.63, 3.8) is 0 Å². The zero-order chi connectivity index (χ0) is 31.5. The zero-order valence-electron chi connectivity index (χ0n) is 25.5. The van der Waals surface area contributed by atoms with E-state index in [0.717, 1.165) is 33.5 Å². The molecule has 0 radical (unpaired) electrons. The molecule has 10 nitrogen and oxygen atoms in total. The van der Waals surface area contributed by atoms with Gasteiger partial charge in [-0.25, -0.2) is 8.42 Å². The smallest absolute Gasteiger partial charge is 0.748 e. The Balaban J connectivity index is 0.00000461. The third kappa shape index (κ3) is 8.88. The van der Waals surface area contributed by atoms with E-state index in [2.05, 4.69) is 0 Å². The van der Waals surface area contributed by atoms with Crippen molar-refractivity contribution in [1.29, 1.82) is 0 Å². The van der Waals surface area contributed by atoms with E-state index in [1.807, 2.05) is 102 Å². The average molecular weight is 646 g/mol. The first-order chi connectivity index (χ1) is 20.9. The molecule has 0 atom stereocenters. The number of rotatable bonds is 12. The molecular formula is C32H34LiN2O8S2+. The van der Waals surface area contributed by atoms with Gasteiger partial charge < -0.3 is 18.6 Å². The monoisotopic (exact) mass is 645 g/mol. The number of aromatic nitrogens is 1. The van der Waals surface area contributed by atoms with Gasteiger partial charge in [0.1, 0.15) is 0 Å². The van der Waals surface area contributed by atoms with Gasteiger partial charge >= 0.3 is 24.8 Å². The quantitative estimate of drug-likeness (QED) is 0.140. The SMILES string of the molecule is CCC(=Cc1oc2ccc(-c3ccccc3)cc2[n+]1CCCS(=O)(=O)[O-])C=C1Oc2ccc(C)cc2N1CCCS(=O)(=O)O.[Li+]. The molecular weight excluding hydrogens is 611 g/mol. The van der Waals surface area contributed by atoms with Gasteiger partial charge in [0.25, 0.3) is 15.6 Å². The van der Waals surface area contributed by atoms with Gasteiger partial charge in [-0.05, 0) is 60.2 Å². The van der Waals surface area contributed by atoms with Crippen molar-refractivity contribution >= 4 is 43.1 Å². The summed E-state index contributed by atoms with van der Waals surface area (Å²) in [6.45, 7) is 4.48. The van der Waals surface area contributed by atoms with Gasteiger partial charge in [-0.2, -0.15) is 13.0 Å². The Kier molecular flexibility index (Phi) is 11.0. The van der Waals surface area contributed by atoms with Crippen molar-refractivity contribution in [2.24, 2.45) is 0 Å². The number of hydrogen-bond donors (Lipinski definition) is 1. The van der Waals surface area contributed by atoms with Crippen LogP contribution in [-0.4, -0.2) is 44.0 Å². The first kappa shape index (κ1) is 34.5. The molecule has 0 aliphatic carbocycles. The Morgan fingerprint density at radius 1 is 0.978 bits per heavy atom. The molecule has 45 heavy (non-hydrogen) atoms. The molecule has 0 spiro atoms. The van der Waals surface area contributed by atoms with Gasteiger partial charge in [0.05, 0.1) is 27.6 Å². The van der Waals surface area contributed by atoms with Gasteiger partial charge in [-0.1, -0.05) is 49.4 Å². The van der Waals surface area contributed by atoms with E-state index >= 15 is 0 Å². The molecule has 2 heterocycles. The van der Waals surface area contributed by atoms with Crippen molar-refractivity contribution < 1.29 is 58.5 Å². The molecule has 0 unspecified atom stereocenters. The second kappa shape index (κ2) is 14.4. The molecule has 13 heteroatoms. The van der Waals surface area contributed by atoms with Crippen LogP contribution in [0, 0.1) is 6.92 Å². The third-order valence-corrected chi connectivity index (χ3v) is 8.90. The van der Waals surface area contributed by atoms with E-state index in [4.69, 9.17) is 9.15 Å². The number of hydrogen-bond acceptors (Lipinski definition) is 8. The molecule has 0 bridgehead atoms. The Labute approximate surface area is 275 Å². The summed E-state index contributed by atoms with van der Waals surface area (Å²) < 4.78 is 80.4. The van der Waals surface area contributed by atoms with Crippen LogP contribution in [0.4, 0.5) is 5.69 Å². The van der Waals surface area contributed by atoms with E-state index in [1.165, 1.54) is 0 Å². The predicted octanol–water partition coefficient (Wildman–Crippen LogP) is 2.45. The summed E-state index contributed by atoms with van der Waals surface area (Å²) >= 11 is 0. The first-order valence-corrected chi connectivity index (χ1v) is 17.5. The van der Waals surface area contributed by atoms with Crippen molar-refractivity contribution in [2.45, 2.75) is 39.7 Å². The van der Waals surface area contributed by atoms with E-state index in [1.54, 1.807) is 0 Å². The fraction of sp³-hybridized carbons (Fsp3) is 0.281. The van der Waals surface area contributed by atoms with E-state index in [-0.39, 0.29) is 44.0 Å². The number of anilines is 1. The van der Waals surface area contributed by atoms with E-state index in [0.29, 0.717) is 36.1 Å². The normalized spacial score (nSPS) is 14.4. The van der Waals surface area contributed by atoms with Gasteiger partial charge in [-0.3, -0.25) is 4.55 Å². The Bertz CT molecular complexity index is 1950. The second-order valence-electron chi connectivity index (χ2n) is 10.7. The maximum absolute atomic E-state index is 11.4. The molecule has 0 saturated heterocycles. The number of aryl methyl sites for hydroxylation is 2. The fourth-order valence-corrected chi connectivity index (χ4v) is 6.14. The number of oxazole rings is 1. The summed E-state index contributed by atoms with van der Waals surface area (Å²) in [6.07, 6.45) is 4.60. The molecule has 0 saturated carbocycles. The molecule has 1 aliphatic heterocycles. The van der Waals surface area contributed by atoms with Gasteiger partial charge in [-0.15, -0.1) is 0 Å². The van der Waals surface area contributed by atoms with Crippen LogP contribution in [-0.2, 0) is 26.8 Å². The van der Waals surface area contributed by atoms with Gasteiger partial charge in [0.15, 0.2) is 12.3 Å². The molecule has 1 aliphatic rings. The standard InChI is InChI=1S/C32H34N2O8S2.Li/c1-3-24(20-31-33(15-7-17-43(35,36)37)27-19-23(2)11-13-29(27)41-31)21-32-34(16-8-18-44(38,39)40)28-22-26(12-14-30(28)42-32)25-9-5-4-6-10-25;/h4-6,9-14,19-22H,3,7-8,15-18H2,1-2H3,(H-,35,36,37,38,39,40);/q;+1. The summed E-state index contributed by atoms with van der Waals surface area (Å²) in [5, 5.41) is 0. The largest absolute Gasteiger partial charge is 1.00 e. The van der Waals surface area contributed by atoms with Crippen molar-refractivity contribution in [2.75, 3.05) is 23.0 Å². The fourth-order valence-electron chi connectivity index (χ4n) is 5.17. The predicted molar refractivity (Wildman–Crippen MR) is 168 cm³/mol. The number of fused-ring (bicyclic) bond motifs is 2. The molecule has 4 aromatic rings. The number of benzene rings is 3. The average Bonchev–Trinajstić information content (AvgIpc) is 3.48. The molecule has 0 fully saturated rings. The summed E-state index contributed by atoms with van der Waals surface area (Å²) in [4.78, 5) is 1.88. The maximum Gasteiger partial charge on any atom is 1.00 e. The Hall–Kier alpha value is -3.37. The summed E-state index contributed by atoms with van der Waals surface area (Å²) in [6, 6.07) is 21.4. The summed E-state index contributed by atoms with van der Waals surface area (Å²) in [5.74, 6) is 0.739. The minimum absolute atomic E-state index is 0.